The molecule has 3 aromatic rings. The van der Waals surface area contributed by atoms with Gasteiger partial charge in [0.05, 0.1) is 0 Å². The van der Waals surface area contributed by atoms with Crippen molar-refractivity contribution >= 4 is 11.6 Å². The zero-order valence-electron chi connectivity index (χ0n) is 18.5. The lowest BCUT2D eigenvalue weighted by molar-refractivity contribution is 0.328. The first-order chi connectivity index (χ1) is 15.2. The monoisotopic (exact) mass is 413 g/mol. The zero-order chi connectivity index (χ0) is 21.2. The average Bonchev–Trinajstić information content (AvgIpc) is 2.98. The van der Waals surface area contributed by atoms with E-state index in [2.05, 4.69) is 81.1 Å². The Morgan fingerprint density at radius 3 is 2.29 bits per heavy atom. The number of rotatable bonds is 3. The van der Waals surface area contributed by atoms with Crippen LogP contribution >= 0.6 is 0 Å². The van der Waals surface area contributed by atoms with E-state index in [1.165, 1.54) is 34.4 Å². The van der Waals surface area contributed by atoms with Gasteiger partial charge in [-0.3, -0.25) is 0 Å². The topological polar surface area (TPSA) is 35.5 Å². The highest BCUT2D eigenvalue weighted by Gasteiger charge is 2.24. The number of nitrogens with zero attached hydrogens (tertiary/aromatic N) is 5. The first-order valence-corrected chi connectivity index (χ1v) is 11.3. The van der Waals surface area contributed by atoms with E-state index in [-0.39, 0.29) is 0 Å². The standard InChI is InChI=1S/C26H31N5/c1-20-4-6-21(7-5-20)25-10-13-29(2)19-22-18-23(8-9-24(22)25)30-14-16-31(17-15-30)26-27-11-3-12-28-26/h3-9,11-12,18,25H,10,13-17,19H2,1-2H3. The molecule has 0 spiro atoms. The third-order valence-corrected chi connectivity index (χ3v) is 6.70. The van der Waals surface area contributed by atoms with Crippen LogP contribution in [0.1, 0.15) is 34.6 Å². The number of benzene rings is 2. The largest absolute Gasteiger partial charge is 0.368 e. The molecule has 0 amide bonds. The average molecular weight is 414 g/mol. The summed E-state index contributed by atoms with van der Waals surface area (Å²) in [6.45, 7) is 8.19. The fourth-order valence-electron chi connectivity index (χ4n) is 4.90. The van der Waals surface area contributed by atoms with Gasteiger partial charge in [-0.15, -0.1) is 0 Å². The third kappa shape index (κ3) is 4.28. The predicted molar refractivity (Wildman–Crippen MR) is 127 cm³/mol. The van der Waals surface area contributed by atoms with Crippen LogP contribution < -0.4 is 9.80 Å². The van der Waals surface area contributed by atoms with Gasteiger partial charge in [0.25, 0.3) is 0 Å². The van der Waals surface area contributed by atoms with Gasteiger partial charge in [-0.25, -0.2) is 9.97 Å². The maximum absolute atomic E-state index is 4.41. The lowest BCUT2D eigenvalue weighted by Gasteiger charge is -2.36. The highest BCUT2D eigenvalue weighted by atomic mass is 15.3. The van der Waals surface area contributed by atoms with Crippen molar-refractivity contribution in [3.63, 3.8) is 0 Å². The summed E-state index contributed by atoms with van der Waals surface area (Å²) in [5, 5.41) is 0. The summed E-state index contributed by atoms with van der Waals surface area (Å²) in [5.41, 5.74) is 7.06. The van der Waals surface area contributed by atoms with Crippen molar-refractivity contribution in [1.29, 1.82) is 0 Å². The molecule has 5 nitrogen and oxygen atoms in total. The van der Waals surface area contributed by atoms with E-state index in [1.807, 2.05) is 18.5 Å². The van der Waals surface area contributed by atoms with Gasteiger partial charge in [0, 0.05) is 56.7 Å². The molecule has 2 aromatic carbocycles. The summed E-state index contributed by atoms with van der Waals surface area (Å²) < 4.78 is 0. The van der Waals surface area contributed by atoms with E-state index in [4.69, 9.17) is 0 Å². The Balaban J connectivity index is 1.37. The van der Waals surface area contributed by atoms with Crippen molar-refractivity contribution in [2.75, 3.05) is 49.6 Å². The zero-order valence-corrected chi connectivity index (χ0v) is 18.5. The molecule has 1 fully saturated rings. The third-order valence-electron chi connectivity index (χ3n) is 6.70. The van der Waals surface area contributed by atoms with E-state index >= 15 is 0 Å². The van der Waals surface area contributed by atoms with Crippen molar-refractivity contribution in [1.82, 2.24) is 14.9 Å². The van der Waals surface area contributed by atoms with Crippen LogP contribution in [0.3, 0.4) is 0 Å². The fourth-order valence-corrected chi connectivity index (χ4v) is 4.90. The highest BCUT2D eigenvalue weighted by molar-refractivity contribution is 5.54. The molecule has 0 aliphatic carbocycles. The van der Waals surface area contributed by atoms with Crippen LogP contribution in [0, 0.1) is 6.92 Å². The number of aryl methyl sites for hydroxylation is 1. The summed E-state index contributed by atoms with van der Waals surface area (Å²) >= 11 is 0. The number of hydrogen-bond donors (Lipinski definition) is 0. The smallest absolute Gasteiger partial charge is 0.225 e. The molecule has 1 unspecified atom stereocenters. The molecule has 0 bridgehead atoms. The molecule has 1 saturated heterocycles. The van der Waals surface area contributed by atoms with Gasteiger partial charge >= 0.3 is 0 Å². The lowest BCUT2D eigenvalue weighted by Crippen LogP contribution is -2.47. The minimum Gasteiger partial charge on any atom is -0.368 e. The summed E-state index contributed by atoms with van der Waals surface area (Å²) in [5.74, 6) is 1.31. The van der Waals surface area contributed by atoms with E-state index < -0.39 is 0 Å². The predicted octanol–water partition coefficient (Wildman–Crippen LogP) is 4.08. The van der Waals surface area contributed by atoms with Crippen molar-refractivity contribution in [3.8, 4) is 0 Å². The molecule has 0 radical (unpaired) electrons. The quantitative estimate of drug-likeness (QED) is 0.647. The van der Waals surface area contributed by atoms with Gasteiger partial charge < -0.3 is 14.7 Å². The Labute approximate surface area is 185 Å². The number of piperazine rings is 1. The molecule has 3 heterocycles. The molecule has 1 aromatic heterocycles. The van der Waals surface area contributed by atoms with Crippen LogP contribution in [0.25, 0.3) is 0 Å². The number of anilines is 2. The second-order valence-electron chi connectivity index (χ2n) is 8.90. The van der Waals surface area contributed by atoms with Crippen molar-refractivity contribution in [3.05, 3.63) is 83.2 Å². The van der Waals surface area contributed by atoms with Crippen LogP contribution in [-0.4, -0.2) is 54.6 Å². The Morgan fingerprint density at radius 1 is 0.839 bits per heavy atom. The van der Waals surface area contributed by atoms with Crippen LogP contribution in [0.2, 0.25) is 0 Å². The van der Waals surface area contributed by atoms with Crippen molar-refractivity contribution in [2.24, 2.45) is 0 Å². The van der Waals surface area contributed by atoms with Crippen LogP contribution in [0.4, 0.5) is 11.6 Å². The molecule has 0 saturated carbocycles. The maximum Gasteiger partial charge on any atom is 0.225 e. The van der Waals surface area contributed by atoms with Crippen LogP contribution in [-0.2, 0) is 6.54 Å². The Hall–Kier alpha value is -2.92. The summed E-state index contributed by atoms with van der Waals surface area (Å²) in [7, 11) is 2.24. The second kappa shape index (κ2) is 8.67. The first kappa shape index (κ1) is 20.0. The summed E-state index contributed by atoms with van der Waals surface area (Å²) in [6.07, 6.45) is 4.81. The minimum atomic E-state index is 0.474. The number of hydrogen-bond acceptors (Lipinski definition) is 5. The Bertz CT molecular complexity index is 1010. The molecule has 2 aliphatic rings. The molecule has 0 N–H and O–H groups in total. The number of fused-ring (bicyclic) bond motifs is 1. The van der Waals surface area contributed by atoms with E-state index in [1.54, 1.807) is 0 Å². The van der Waals surface area contributed by atoms with Gasteiger partial charge in [0.2, 0.25) is 5.95 Å². The molecule has 1 atom stereocenters. The van der Waals surface area contributed by atoms with Crippen LogP contribution in [0.5, 0.6) is 0 Å². The Morgan fingerprint density at radius 2 is 1.55 bits per heavy atom. The fraction of sp³-hybridized carbons (Fsp3) is 0.385. The van der Waals surface area contributed by atoms with Crippen molar-refractivity contribution < 1.29 is 0 Å². The summed E-state index contributed by atoms with van der Waals surface area (Å²) in [4.78, 5) is 16.1. The minimum absolute atomic E-state index is 0.474. The molecule has 160 valence electrons. The first-order valence-electron chi connectivity index (χ1n) is 11.3. The maximum atomic E-state index is 4.41. The van der Waals surface area contributed by atoms with Gasteiger partial charge in [-0.2, -0.15) is 0 Å². The molecular weight excluding hydrogens is 382 g/mol. The van der Waals surface area contributed by atoms with E-state index in [0.29, 0.717) is 5.92 Å². The normalized spacial score (nSPS) is 19.7. The van der Waals surface area contributed by atoms with Gasteiger partial charge in [0.1, 0.15) is 0 Å². The van der Waals surface area contributed by atoms with E-state index in [9.17, 15) is 0 Å². The van der Waals surface area contributed by atoms with Gasteiger partial charge in [-0.1, -0.05) is 35.9 Å². The van der Waals surface area contributed by atoms with E-state index in [0.717, 1.165) is 45.2 Å². The SMILES string of the molecule is Cc1ccc(C2CCN(C)Cc3cc(N4CCN(c5ncccn5)CC4)ccc32)cc1. The lowest BCUT2D eigenvalue weighted by atomic mass is 9.86. The molecule has 2 aliphatic heterocycles. The molecular formula is C26H31N5. The molecule has 31 heavy (non-hydrogen) atoms. The molecule has 5 rings (SSSR count). The molecule has 5 heteroatoms. The highest BCUT2D eigenvalue weighted by Crippen LogP contribution is 2.36. The Kier molecular flexibility index (Phi) is 5.60. The van der Waals surface area contributed by atoms with Gasteiger partial charge in [-0.05, 0) is 61.8 Å². The number of aromatic nitrogens is 2. The van der Waals surface area contributed by atoms with Crippen LogP contribution in [0.15, 0.2) is 60.9 Å². The second-order valence-corrected chi connectivity index (χ2v) is 8.90. The summed E-state index contributed by atoms with van der Waals surface area (Å²) in [6, 6.07) is 18.1. The van der Waals surface area contributed by atoms with Crippen molar-refractivity contribution in [2.45, 2.75) is 25.8 Å². The van der Waals surface area contributed by atoms with Gasteiger partial charge in [0.15, 0.2) is 0 Å².